The molecule has 0 saturated heterocycles. The number of hydrogen-bond acceptors (Lipinski definition) is 5. The van der Waals surface area contributed by atoms with Crippen molar-refractivity contribution in [2.45, 2.75) is 33.9 Å². The lowest BCUT2D eigenvalue weighted by molar-refractivity contribution is 0.577. The molecule has 1 aliphatic rings. The highest BCUT2D eigenvalue weighted by atomic mass is 16.1. The van der Waals surface area contributed by atoms with Crippen molar-refractivity contribution in [1.82, 2.24) is 9.55 Å². The molecule has 2 heterocycles. The number of aromatic nitrogens is 2. The summed E-state index contributed by atoms with van der Waals surface area (Å²) in [6.45, 7) is 8.00. The van der Waals surface area contributed by atoms with Gasteiger partial charge in [-0.05, 0) is 56.5 Å². The first-order valence-electron chi connectivity index (χ1n) is 9.26. The van der Waals surface area contributed by atoms with Gasteiger partial charge in [-0.25, -0.2) is 9.98 Å². The van der Waals surface area contributed by atoms with Gasteiger partial charge in [0.1, 0.15) is 0 Å². The maximum atomic E-state index is 12.7. The molecule has 142 valence electrons. The Labute approximate surface area is 164 Å². The van der Waals surface area contributed by atoms with Crippen molar-refractivity contribution < 1.29 is 0 Å². The monoisotopic (exact) mass is 373 g/mol. The Balaban J connectivity index is 1.80. The minimum Gasteiger partial charge on any atom is -0.326 e. The number of benzene rings is 2. The van der Waals surface area contributed by atoms with Crippen molar-refractivity contribution in [3.8, 4) is 0 Å². The van der Waals surface area contributed by atoms with E-state index < -0.39 is 6.17 Å². The van der Waals surface area contributed by atoms with Crippen LogP contribution in [0.4, 0.5) is 11.6 Å². The van der Waals surface area contributed by atoms with Crippen molar-refractivity contribution in [1.29, 1.82) is 0 Å². The predicted molar refractivity (Wildman–Crippen MR) is 113 cm³/mol. The van der Waals surface area contributed by atoms with Crippen molar-refractivity contribution in [2.75, 3.05) is 10.6 Å². The number of nitrogens with one attached hydrogen (secondary N) is 2. The first-order valence-corrected chi connectivity index (χ1v) is 9.26. The SMILES string of the molecule is Cc1cccc([C@@H]2N=C(Nc3ccc(C)c(C)c3)Nc3nc(C)cc(=O)n32)c1. The Morgan fingerprint density at radius 2 is 1.82 bits per heavy atom. The van der Waals surface area contributed by atoms with Crippen molar-refractivity contribution in [2.24, 2.45) is 4.99 Å². The van der Waals surface area contributed by atoms with Gasteiger partial charge in [-0.1, -0.05) is 35.9 Å². The zero-order chi connectivity index (χ0) is 19.8. The van der Waals surface area contributed by atoms with Crippen LogP contribution in [0.1, 0.15) is 34.1 Å². The van der Waals surface area contributed by atoms with Crippen LogP contribution in [0, 0.1) is 27.7 Å². The molecule has 6 heteroatoms. The topological polar surface area (TPSA) is 71.3 Å². The number of anilines is 2. The largest absolute Gasteiger partial charge is 0.326 e. The quantitative estimate of drug-likeness (QED) is 0.714. The van der Waals surface area contributed by atoms with E-state index in [1.165, 1.54) is 17.2 Å². The van der Waals surface area contributed by atoms with E-state index in [2.05, 4.69) is 41.6 Å². The number of rotatable bonds is 2. The molecule has 3 aromatic rings. The van der Waals surface area contributed by atoms with E-state index in [0.717, 1.165) is 16.8 Å². The van der Waals surface area contributed by atoms with E-state index in [-0.39, 0.29) is 5.56 Å². The minimum absolute atomic E-state index is 0.129. The molecule has 0 unspecified atom stereocenters. The highest BCUT2D eigenvalue weighted by Gasteiger charge is 2.25. The molecule has 1 atom stereocenters. The summed E-state index contributed by atoms with van der Waals surface area (Å²) in [5.74, 6) is 1.05. The molecule has 0 bridgehead atoms. The minimum atomic E-state index is -0.481. The fourth-order valence-electron chi connectivity index (χ4n) is 3.32. The first kappa shape index (κ1) is 18.0. The van der Waals surface area contributed by atoms with E-state index >= 15 is 0 Å². The summed E-state index contributed by atoms with van der Waals surface area (Å²) in [6.07, 6.45) is -0.481. The number of aryl methyl sites for hydroxylation is 4. The Morgan fingerprint density at radius 1 is 1.00 bits per heavy atom. The Hall–Kier alpha value is -3.41. The summed E-state index contributed by atoms with van der Waals surface area (Å²) in [4.78, 5) is 22.0. The number of guanidine groups is 1. The summed E-state index contributed by atoms with van der Waals surface area (Å²) in [7, 11) is 0. The standard InChI is InChI=1S/C22H23N5O/c1-13-6-5-7-17(10-13)20-25-21(24-18-9-8-14(2)15(3)11-18)26-22-23-16(4)12-19(28)27(20)22/h5-12,20H,1-4H3,(H2,23,24,25,26)/t20-/m1/s1. The van der Waals surface area contributed by atoms with Gasteiger partial charge in [-0.2, -0.15) is 0 Å². The molecule has 6 nitrogen and oxygen atoms in total. The lowest BCUT2D eigenvalue weighted by atomic mass is 10.1. The highest BCUT2D eigenvalue weighted by molar-refractivity contribution is 6.03. The molecule has 2 aromatic carbocycles. The van der Waals surface area contributed by atoms with Gasteiger partial charge in [0, 0.05) is 17.4 Å². The molecule has 0 fully saturated rings. The summed E-state index contributed by atoms with van der Waals surface area (Å²) < 4.78 is 1.59. The second-order valence-electron chi connectivity index (χ2n) is 7.24. The van der Waals surface area contributed by atoms with Crippen LogP contribution in [0.2, 0.25) is 0 Å². The maximum Gasteiger partial charge on any atom is 0.257 e. The Bertz CT molecular complexity index is 1150. The first-order chi connectivity index (χ1) is 13.4. The summed E-state index contributed by atoms with van der Waals surface area (Å²) >= 11 is 0. The third kappa shape index (κ3) is 3.41. The van der Waals surface area contributed by atoms with Crippen molar-refractivity contribution in [3.05, 3.63) is 86.8 Å². The van der Waals surface area contributed by atoms with E-state index in [1.54, 1.807) is 4.57 Å². The molecular weight excluding hydrogens is 350 g/mol. The molecule has 4 rings (SSSR count). The molecular formula is C22H23N5O. The van der Waals surface area contributed by atoms with Crippen molar-refractivity contribution >= 4 is 17.6 Å². The third-order valence-electron chi connectivity index (χ3n) is 4.92. The van der Waals surface area contributed by atoms with E-state index in [9.17, 15) is 4.79 Å². The molecule has 28 heavy (non-hydrogen) atoms. The fourth-order valence-corrected chi connectivity index (χ4v) is 3.32. The second kappa shape index (κ2) is 6.96. The van der Waals surface area contributed by atoms with Crippen LogP contribution >= 0.6 is 0 Å². The van der Waals surface area contributed by atoms with Crippen LogP contribution < -0.4 is 16.2 Å². The molecule has 0 saturated carbocycles. The Kier molecular flexibility index (Phi) is 4.47. The molecule has 2 N–H and O–H groups in total. The van der Waals surface area contributed by atoms with Crippen LogP contribution in [0.25, 0.3) is 0 Å². The van der Waals surface area contributed by atoms with Crippen molar-refractivity contribution in [3.63, 3.8) is 0 Å². The molecule has 0 amide bonds. The summed E-state index contributed by atoms with van der Waals surface area (Å²) in [6, 6.07) is 15.7. The number of aliphatic imine (C=N–C) groups is 1. The van der Waals surface area contributed by atoms with Crippen LogP contribution in [-0.4, -0.2) is 15.5 Å². The molecule has 1 aliphatic heterocycles. The van der Waals surface area contributed by atoms with E-state index in [4.69, 9.17) is 4.99 Å². The van der Waals surface area contributed by atoms with Gasteiger partial charge in [-0.15, -0.1) is 0 Å². The zero-order valence-corrected chi connectivity index (χ0v) is 16.4. The predicted octanol–water partition coefficient (Wildman–Crippen LogP) is 3.92. The number of hydrogen-bond donors (Lipinski definition) is 2. The van der Waals surface area contributed by atoms with Gasteiger partial charge in [0.25, 0.3) is 5.56 Å². The lowest BCUT2D eigenvalue weighted by Crippen LogP contribution is -2.37. The normalized spacial score (nSPS) is 15.4. The lowest BCUT2D eigenvalue weighted by Gasteiger charge is -2.27. The summed E-state index contributed by atoms with van der Waals surface area (Å²) in [5, 5.41) is 6.49. The van der Waals surface area contributed by atoms with Crippen LogP contribution in [0.5, 0.6) is 0 Å². The molecule has 1 aromatic heterocycles. The van der Waals surface area contributed by atoms with Crippen LogP contribution in [0.3, 0.4) is 0 Å². The average Bonchev–Trinajstić information content (AvgIpc) is 2.63. The molecule has 0 aliphatic carbocycles. The van der Waals surface area contributed by atoms with Crippen LogP contribution in [0.15, 0.2) is 58.3 Å². The van der Waals surface area contributed by atoms with Gasteiger partial charge in [0.15, 0.2) is 6.17 Å². The third-order valence-corrected chi connectivity index (χ3v) is 4.92. The average molecular weight is 373 g/mol. The Morgan fingerprint density at radius 3 is 2.57 bits per heavy atom. The zero-order valence-electron chi connectivity index (χ0n) is 16.4. The number of fused-ring (bicyclic) bond motifs is 1. The van der Waals surface area contributed by atoms with E-state index in [0.29, 0.717) is 17.6 Å². The van der Waals surface area contributed by atoms with Crippen LogP contribution in [-0.2, 0) is 0 Å². The van der Waals surface area contributed by atoms with Gasteiger partial charge in [-0.3, -0.25) is 14.7 Å². The van der Waals surface area contributed by atoms with E-state index in [1.807, 2.05) is 44.2 Å². The maximum absolute atomic E-state index is 12.7. The van der Waals surface area contributed by atoms with Gasteiger partial charge in [0.2, 0.25) is 11.9 Å². The fraction of sp³-hybridized carbons (Fsp3) is 0.227. The summed E-state index contributed by atoms with van der Waals surface area (Å²) in [5.41, 5.74) is 5.95. The number of nitrogens with zero attached hydrogens (tertiary/aromatic N) is 3. The highest BCUT2D eigenvalue weighted by Crippen LogP contribution is 2.26. The smallest absolute Gasteiger partial charge is 0.257 e. The van der Waals surface area contributed by atoms with Gasteiger partial charge >= 0.3 is 0 Å². The van der Waals surface area contributed by atoms with Gasteiger partial charge in [0.05, 0.1) is 0 Å². The molecule has 0 radical (unpaired) electrons. The second-order valence-corrected chi connectivity index (χ2v) is 7.24. The van der Waals surface area contributed by atoms with Gasteiger partial charge < -0.3 is 5.32 Å². The molecule has 0 spiro atoms.